The molecule has 3 aliphatic rings. The highest BCUT2D eigenvalue weighted by Gasteiger charge is 2.56. The van der Waals surface area contributed by atoms with Crippen LogP contribution in [0, 0.1) is 21.7 Å². The maximum Gasteiger partial charge on any atom is 0.416 e. The Morgan fingerprint density at radius 2 is 1.78 bits per heavy atom. The number of nitrogens with zero attached hydrogens (tertiary/aromatic N) is 4. The number of carbonyl (C=O) groups excluding carboxylic acids is 1. The van der Waals surface area contributed by atoms with Crippen LogP contribution in [0.5, 0.6) is 0 Å². The third-order valence-corrected chi connectivity index (χ3v) is 9.48. The lowest BCUT2D eigenvalue weighted by Gasteiger charge is -2.28. The smallest absolute Gasteiger partial charge is 0.416 e. The molecule has 13 nitrogen and oxygen atoms in total. The van der Waals surface area contributed by atoms with Crippen molar-refractivity contribution < 1.29 is 42.2 Å². The number of carbonyl (C=O) groups is 1. The van der Waals surface area contributed by atoms with Gasteiger partial charge in [0, 0.05) is 17.7 Å². The Bertz CT molecular complexity index is 1600. The Hall–Kier alpha value is -3.18. The first-order valence-electron chi connectivity index (χ1n) is 17.3. The molecule has 2 saturated carbocycles. The van der Waals surface area contributed by atoms with Crippen molar-refractivity contribution in [2.45, 2.75) is 140 Å². The van der Waals surface area contributed by atoms with Gasteiger partial charge in [0.15, 0.2) is 22.6 Å². The van der Waals surface area contributed by atoms with E-state index in [1.54, 1.807) is 34.6 Å². The fraction of sp³-hybridized carbons (Fsp3) is 0.686. The summed E-state index contributed by atoms with van der Waals surface area (Å²) in [4.78, 5) is 36.7. The van der Waals surface area contributed by atoms with E-state index in [0.717, 1.165) is 23.5 Å². The summed E-state index contributed by atoms with van der Waals surface area (Å²) >= 11 is 1.29. The standard InChI is InChI=1S/C35H49F2N5O8S/c1-10-15-51-31-39-29(38-23-18-25(46-13-14-47-33(2,3)4)28-27(23)48-35(8,9)49-28)26(42(44)45)30(40-31)41(32(43)50-34(5,6)7)24-17-20(24)19-11-12-21(36)22(37)16-19/h11-12,16,20,23-25,27-28H,10,13-15,17-18H2,1-9H3,(H,38,39,40)/t20-,23+,24+,25-,27-,28+/m0/s1. The fourth-order valence-electron chi connectivity index (χ4n) is 6.34. The molecule has 1 N–H and O–H groups in total. The van der Waals surface area contributed by atoms with Crippen molar-refractivity contribution in [1.29, 1.82) is 0 Å². The van der Waals surface area contributed by atoms with Crippen molar-refractivity contribution in [2.24, 2.45) is 0 Å². The molecule has 1 saturated heterocycles. The molecule has 1 aromatic heterocycles. The molecule has 5 rings (SSSR count). The quantitative estimate of drug-likeness (QED) is 0.0720. The first kappa shape index (κ1) is 39.0. The number of hydrogen-bond donors (Lipinski definition) is 1. The molecular formula is C35H49F2N5O8S. The molecule has 16 heteroatoms. The van der Waals surface area contributed by atoms with Crippen LogP contribution in [-0.2, 0) is 23.7 Å². The molecule has 0 radical (unpaired) electrons. The highest BCUT2D eigenvalue weighted by atomic mass is 32.2. The third-order valence-electron chi connectivity index (χ3n) is 8.43. The van der Waals surface area contributed by atoms with Gasteiger partial charge in [-0.3, -0.25) is 15.0 Å². The molecular weight excluding hydrogens is 688 g/mol. The molecule has 2 aromatic rings. The first-order chi connectivity index (χ1) is 23.8. The number of nitrogens with one attached hydrogen (secondary N) is 1. The predicted octanol–water partition coefficient (Wildman–Crippen LogP) is 7.37. The summed E-state index contributed by atoms with van der Waals surface area (Å²) in [6.45, 7) is 17.2. The molecule has 51 heavy (non-hydrogen) atoms. The van der Waals surface area contributed by atoms with Crippen molar-refractivity contribution in [3.8, 4) is 0 Å². The third kappa shape index (κ3) is 9.63. The summed E-state index contributed by atoms with van der Waals surface area (Å²) in [5.74, 6) is -3.16. The van der Waals surface area contributed by atoms with Crippen molar-refractivity contribution >= 4 is 35.2 Å². The van der Waals surface area contributed by atoms with Crippen LogP contribution >= 0.6 is 11.8 Å². The Labute approximate surface area is 301 Å². The van der Waals surface area contributed by atoms with Crippen LogP contribution < -0.4 is 10.2 Å². The van der Waals surface area contributed by atoms with Crippen LogP contribution in [0.1, 0.15) is 93.1 Å². The van der Waals surface area contributed by atoms with Crippen LogP contribution in [-0.4, -0.2) is 87.3 Å². The monoisotopic (exact) mass is 737 g/mol. The van der Waals surface area contributed by atoms with E-state index in [0.29, 0.717) is 37.4 Å². The van der Waals surface area contributed by atoms with E-state index < -0.39 is 76.0 Å². The van der Waals surface area contributed by atoms with E-state index in [1.807, 2.05) is 27.7 Å². The van der Waals surface area contributed by atoms with Gasteiger partial charge in [0.2, 0.25) is 11.6 Å². The normalized spacial score (nSPS) is 25.4. The van der Waals surface area contributed by atoms with Crippen molar-refractivity contribution in [3.63, 3.8) is 0 Å². The average Bonchev–Trinajstić information content (AvgIpc) is 3.62. The van der Waals surface area contributed by atoms with Crippen LogP contribution in [0.2, 0.25) is 0 Å². The largest absolute Gasteiger partial charge is 0.443 e. The number of halogens is 2. The highest BCUT2D eigenvalue weighted by molar-refractivity contribution is 7.99. The zero-order valence-corrected chi connectivity index (χ0v) is 31.5. The molecule has 2 aliphatic carbocycles. The van der Waals surface area contributed by atoms with Crippen molar-refractivity contribution in [2.75, 3.05) is 29.2 Å². The number of fused-ring (bicyclic) bond motifs is 1. The fourth-order valence-corrected chi connectivity index (χ4v) is 7.03. The van der Waals surface area contributed by atoms with Gasteiger partial charge in [-0.1, -0.05) is 24.8 Å². The lowest BCUT2D eigenvalue weighted by Crippen LogP contribution is -2.40. The average molecular weight is 738 g/mol. The number of benzene rings is 1. The Morgan fingerprint density at radius 1 is 1.08 bits per heavy atom. The predicted molar refractivity (Wildman–Crippen MR) is 187 cm³/mol. The van der Waals surface area contributed by atoms with Crippen molar-refractivity contribution in [3.05, 3.63) is 45.5 Å². The minimum atomic E-state index is -1.03. The van der Waals surface area contributed by atoms with E-state index >= 15 is 0 Å². The maximum absolute atomic E-state index is 14.3. The number of ether oxygens (including phenoxy) is 5. The lowest BCUT2D eigenvalue weighted by atomic mass is 10.1. The van der Waals surface area contributed by atoms with E-state index in [2.05, 4.69) is 15.3 Å². The second kappa shape index (κ2) is 15.0. The van der Waals surface area contributed by atoms with Gasteiger partial charge >= 0.3 is 11.8 Å². The molecule has 0 unspecified atom stereocenters. The lowest BCUT2D eigenvalue weighted by molar-refractivity contribution is -0.383. The van der Waals surface area contributed by atoms with Gasteiger partial charge in [0.05, 0.1) is 35.9 Å². The van der Waals surface area contributed by atoms with Crippen LogP contribution in [0.25, 0.3) is 0 Å². The van der Waals surface area contributed by atoms with Crippen LogP contribution in [0.4, 0.5) is 30.9 Å². The molecule has 0 bridgehead atoms. The number of amides is 1. The number of thioether (sulfide) groups is 1. The van der Waals surface area contributed by atoms with Crippen LogP contribution in [0.3, 0.4) is 0 Å². The maximum atomic E-state index is 14.3. The molecule has 282 valence electrons. The summed E-state index contributed by atoms with van der Waals surface area (Å²) in [5.41, 5.74) is -1.38. The SMILES string of the molecule is CCCSc1nc(N[C@@H]2C[C@H](OCCOC(C)(C)C)[C@H]3OC(C)(C)O[C@H]32)c([N+](=O)[O-])c(N(C(=O)OC(C)(C)C)[C@@H]2C[C@H]2c2ccc(F)c(F)c2)n1. The molecule has 1 amide bonds. The zero-order chi connectivity index (χ0) is 37.5. The van der Waals surface area contributed by atoms with E-state index in [9.17, 15) is 23.7 Å². The Balaban J connectivity index is 1.52. The zero-order valence-electron chi connectivity index (χ0n) is 30.7. The molecule has 0 spiro atoms. The topological polar surface area (TPSA) is 147 Å². The van der Waals surface area contributed by atoms with E-state index in [-0.39, 0.29) is 22.4 Å². The number of aromatic nitrogens is 2. The number of rotatable bonds is 13. The molecule has 1 aliphatic heterocycles. The minimum absolute atomic E-state index is 0.101. The Morgan fingerprint density at radius 3 is 2.41 bits per heavy atom. The Kier molecular flexibility index (Phi) is 11.5. The summed E-state index contributed by atoms with van der Waals surface area (Å²) in [7, 11) is 0. The van der Waals surface area contributed by atoms with Gasteiger partial charge in [-0.2, -0.15) is 9.97 Å². The first-order valence-corrected chi connectivity index (χ1v) is 18.3. The van der Waals surface area contributed by atoms with Gasteiger partial charge < -0.3 is 29.0 Å². The van der Waals surface area contributed by atoms with Crippen LogP contribution in [0.15, 0.2) is 23.4 Å². The summed E-state index contributed by atoms with van der Waals surface area (Å²) in [5, 5.41) is 16.5. The minimum Gasteiger partial charge on any atom is -0.443 e. The number of nitro groups is 1. The van der Waals surface area contributed by atoms with Gasteiger partial charge in [-0.15, -0.1) is 0 Å². The van der Waals surface area contributed by atoms with E-state index in [4.69, 9.17) is 23.7 Å². The van der Waals surface area contributed by atoms with Crippen molar-refractivity contribution in [1.82, 2.24) is 9.97 Å². The van der Waals surface area contributed by atoms with Gasteiger partial charge in [-0.25, -0.2) is 13.6 Å². The summed E-state index contributed by atoms with van der Waals surface area (Å²) in [6.07, 6.45) is -0.817. The van der Waals surface area contributed by atoms with Gasteiger partial charge in [-0.05, 0) is 92.3 Å². The number of hydrogen-bond acceptors (Lipinski definition) is 12. The summed E-state index contributed by atoms with van der Waals surface area (Å²) < 4.78 is 58.4. The molecule has 6 atom stereocenters. The second-order valence-electron chi connectivity index (χ2n) is 15.5. The van der Waals surface area contributed by atoms with Gasteiger partial charge in [0.25, 0.3) is 0 Å². The molecule has 3 fully saturated rings. The second-order valence-corrected chi connectivity index (χ2v) is 16.5. The summed E-state index contributed by atoms with van der Waals surface area (Å²) in [6, 6.07) is 2.32. The van der Waals surface area contributed by atoms with Gasteiger partial charge in [0.1, 0.15) is 17.8 Å². The molecule has 2 heterocycles. The highest BCUT2D eigenvalue weighted by Crippen LogP contribution is 2.50. The number of anilines is 2. The molecule has 1 aromatic carbocycles. The van der Waals surface area contributed by atoms with E-state index in [1.165, 1.54) is 17.8 Å².